The maximum Gasteiger partial charge on any atom is 0.144 e. The number of hydrogen-bond donors (Lipinski definition) is 1. The van der Waals surface area contributed by atoms with Crippen molar-refractivity contribution in [1.82, 2.24) is 0 Å². The summed E-state index contributed by atoms with van der Waals surface area (Å²) in [4.78, 5) is 0. The van der Waals surface area contributed by atoms with Crippen LogP contribution in [0.2, 0.25) is 10.0 Å². The fraction of sp³-hybridized carbons (Fsp3) is 0.538. The van der Waals surface area contributed by atoms with E-state index in [2.05, 4.69) is 0 Å². The van der Waals surface area contributed by atoms with Gasteiger partial charge in [0.05, 0.1) is 21.8 Å². The predicted octanol–water partition coefficient (Wildman–Crippen LogP) is 3.91. The van der Waals surface area contributed by atoms with Crippen LogP contribution in [0.25, 0.3) is 0 Å². The van der Waals surface area contributed by atoms with Crippen LogP contribution in [-0.4, -0.2) is 19.3 Å². The number of ether oxygens (including phenoxy) is 2. The minimum absolute atomic E-state index is 0.128. The first-order chi connectivity index (χ1) is 8.60. The molecule has 1 aromatic rings. The summed E-state index contributed by atoms with van der Waals surface area (Å²) >= 11 is 11.9. The van der Waals surface area contributed by atoms with Crippen LogP contribution in [-0.2, 0) is 4.74 Å². The molecular formula is C13H17Cl2NO2. The van der Waals surface area contributed by atoms with Crippen molar-refractivity contribution in [2.24, 2.45) is 0 Å². The van der Waals surface area contributed by atoms with Gasteiger partial charge in [0.2, 0.25) is 0 Å². The lowest BCUT2D eigenvalue weighted by Gasteiger charge is -2.29. The fourth-order valence-corrected chi connectivity index (χ4v) is 2.57. The topological polar surface area (TPSA) is 44.5 Å². The van der Waals surface area contributed by atoms with Gasteiger partial charge in [-0.05, 0) is 25.3 Å². The molecule has 0 aliphatic heterocycles. The van der Waals surface area contributed by atoms with E-state index in [1.165, 1.54) is 0 Å². The first-order valence-electron chi connectivity index (χ1n) is 6.04. The van der Waals surface area contributed by atoms with Gasteiger partial charge in [-0.25, -0.2) is 0 Å². The molecule has 1 fully saturated rings. The summed E-state index contributed by atoms with van der Waals surface area (Å²) in [6.45, 7) is 0. The quantitative estimate of drug-likeness (QED) is 0.858. The molecule has 0 saturated heterocycles. The predicted molar refractivity (Wildman–Crippen MR) is 74.6 cm³/mol. The Hall–Kier alpha value is -0.640. The third-order valence-corrected chi connectivity index (χ3v) is 3.98. The molecule has 2 unspecified atom stereocenters. The van der Waals surface area contributed by atoms with Gasteiger partial charge in [-0.15, -0.1) is 0 Å². The highest BCUT2D eigenvalue weighted by Gasteiger charge is 2.23. The highest BCUT2D eigenvalue weighted by atomic mass is 35.5. The first kappa shape index (κ1) is 13.8. The molecule has 0 amide bonds. The Kier molecular flexibility index (Phi) is 4.60. The van der Waals surface area contributed by atoms with Gasteiger partial charge < -0.3 is 15.2 Å². The average molecular weight is 290 g/mol. The number of methoxy groups -OCH3 is 1. The van der Waals surface area contributed by atoms with Crippen molar-refractivity contribution in [3.8, 4) is 5.75 Å². The SMILES string of the molecule is COC1CCCC(Oc2cc(Cl)c(Cl)cc2N)C1. The number of rotatable bonds is 3. The summed E-state index contributed by atoms with van der Waals surface area (Å²) in [5, 5.41) is 0.903. The van der Waals surface area contributed by atoms with Crippen LogP contribution in [0, 0.1) is 0 Å². The molecule has 3 nitrogen and oxygen atoms in total. The largest absolute Gasteiger partial charge is 0.488 e. The molecule has 0 radical (unpaired) electrons. The molecule has 0 heterocycles. The number of nitrogens with two attached hydrogens (primary N) is 1. The van der Waals surface area contributed by atoms with Crippen LogP contribution in [0.1, 0.15) is 25.7 Å². The fourth-order valence-electron chi connectivity index (χ4n) is 2.25. The van der Waals surface area contributed by atoms with Crippen molar-refractivity contribution < 1.29 is 9.47 Å². The summed E-state index contributed by atoms with van der Waals surface area (Å²) in [7, 11) is 1.74. The molecular weight excluding hydrogens is 273 g/mol. The Morgan fingerprint density at radius 2 is 1.83 bits per heavy atom. The minimum Gasteiger partial charge on any atom is -0.488 e. The monoisotopic (exact) mass is 289 g/mol. The van der Waals surface area contributed by atoms with E-state index in [4.69, 9.17) is 38.4 Å². The number of anilines is 1. The average Bonchev–Trinajstić information content (AvgIpc) is 2.36. The lowest BCUT2D eigenvalue weighted by molar-refractivity contribution is 0.0212. The van der Waals surface area contributed by atoms with Crippen molar-refractivity contribution >= 4 is 28.9 Å². The molecule has 0 bridgehead atoms. The normalized spacial score (nSPS) is 23.9. The molecule has 1 aliphatic carbocycles. The molecule has 2 atom stereocenters. The van der Waals surface area contributed by atoms with Gasteiger partial charge in [0.1, 0.15) is 11.9 Å². The third-order valence-electron chi connectivity index (χ3n) is 3.26. The Morgan fingerprint density at radius 3 is 2.56 bits per heavy atom. The van der Waals surface area contributed by atoms with E-state index in [-0.39, 0.29) is 12.2 Å². The molecule has 100 valence electrons. The lowest BCUT2D eigenvalue weighted by atomic mass is 9.95. The van der Waals surface area contributed by atoms with Crippen LogP contribution < -0.4 is 10.5 Å². The van der Waals surface area contributed by atoms with Crippen LogP contribution in [0.15, 0.2) is 12.1 Å². The van der Waals surface area contributed by atoms with Crippen molar-refractivity contribution in [2.75, 3.05) is 12.8 Å². The standard InChI is InChI=1S/C13H17Cl2NO2/c1-17-8-3-2-4-9(5-8)18-13-7-11(15)10(14)6-12(13)16/h6-9H,2-5,16H2,1H3. The van der Waals surface area contributed by atoms with E-state index in [1.807, 2.05) is 0 Å². The van der Waals surface area contributed by atoms with Gasteiger partial charge in [-0.3, -0.25) is 0 Å². The second kappa shape index (κ2) is 6.00. The van der Waals surface area contributed by atoms with E-state index < -0.39 is 0 Å². The maximum absolute atomic E-state index is 5.97. The van der Waals surface area contributed by atoms with Crippen molar-refractivity contribution in [3.63, 3.8) is 0 Å². The Labute approximate surface area is 117 Å². The van der Waals surface area contributed by atoms with E-state index in [0.717, 1.165) is 25.7 Å². The molecule has 1 saturated carbocycles. The summed E-state index contributed by atoms with van der Waals surface area (Å²) in [6, 6.07) is 3.30. The molecule has 2 rings (SSSR count). The van der Waals surface area contributed by atoms with Gasteiger partial charge in [-0.1, -0.05) is 23.2 Å². The van der Waals surface area contributed by atoms with Gasteiger partial charge in [-0.2, -0.15) is 0 Å². The van der Waals surface area contributed by atoms with Crippen LogP contribution in [0.3, 0.4) is 0 Å². The highest BCUT2D eigenvalue weighted by Crippen LogP contribution is 2.34. The van der Waals surface area contributed by atoms with Crippen molar-refractivity contribution in [2.45, 2.75) is 37.9 Å². The van der Waals surface area contributed by atoms with Crippen LogP contribution in [0.4, 0.5) is 5.69 Å². The second-order valence-corrected chi connectivity index (χ2v) is 5.38. The second-order valence-electron chi connectivity index (χ2n) is 4.57. The zero-order valence-corrected chi connectivity index (χ0v) is 11.8. The summed E-state index contributed by atoms with van der Waals surface area (Å²) < 4.78 is 11.3. The van der Waals surface area contributed by atoms with E-state index in [9.17, 15) is 0 Å². The molecule has 18 heavy (non-hydrogen) atoms. The minimum atomic E-state index is 0.128. The summed E-state index contributed by atoms with van der Waals surface area (Å²) in [5.74, 6) is 0.603. The van der Waals surface area contributed by atoms with E-state index in [1.54, 1.807) is 19.2 Å². The van der Waals surface area contributed by atoms with Crippen molar-refractivity contribution in [1.29, 1.82) is 0 Å². The van der Waals surface area contributed by atoms with Crippen LogP contribution >= 0.6 is 23.2 Å². The zero-order valence-electron chi connectivity index (χ0n) is 10.3. The maximum atomic E-state index is 5.97. The number of halogens is 2. The van der Waals surface area contributed by atoms with Gasteiger partial charge in [0.25, 0.3) is 0 Å². The Bertz CT molecular complexity index is 426. The van der Waals surface area contributed by atoms with E-state index in [0.29, 0.717) is 21.5 Å². The van der Waals surface area contributed by atoms with Gasteiger partial charge in [0, 0.05) is 19.6 Å². The Morgan fingerprint density at radius 1 is 1.17 bits per heavy atom. The van der Waals surface area contributed by atoms with Gasteiger partial charge in [0.15, 0.2) is 0 Å². The molecule has 2 N–H and O–H groups in total. The molecule has 5 heteroatoms. The number of benzene rings is 1. The molecule has 1 aliphatic rings. The zero-order chi connectivity index (χ0) is 13.1. The summed E-state index contributed by atoms with van der Waals surface area (Å²) in [5.41, 5.74) is 6.39. The van der Waals surface area contributed by atoms with E-state index >= 15 is 0 Å². The molecule has 0 aromatic heterocycles. The Balaban J connectivity index is 2.07. The van der Waals surface area contributed by atoms with Crippen molar-refractivity contribution in [3.05, 3.63) is 22.2 Å². The first-order valence-corrected chi connectivity index (χ1v) is 6.79. The molecule has 1 aromatic carbocycles. The number of nitrogen functional groups attached to an aromatic ring is 1. The lowest BCUT2D eigenvalue weighted by Crippen LogP contribution is -2.29. The van der Waals surface area contributed by atoms with Gasteiger partial charge >= 0.3 is 0 Å². The smallest absolute Gasteiger partial charge is 0.144 e. The third kappa shape index (κ3) is 3.22. The number of hydrogen-bond acceptors (Lipinski definition) is 3. The molecule has 0 spiro atoms. The highest BCUT2D eigenvalue weighted by molar-refractivity contribution is 6.42. The summed E-state index contributed by atoms with van der Waals surface area (Å²) in [6.07, 6.45) is 4.49. The van der Waals surface area contributed by atoms with Crippen LogP contribution in [0.5, 0.6) is 5.75 Å².